The number of ether oxygens (including phenoxy) is 1. The fraction of sp³-hybridized carbons (Fsp3) is 0.148. The Morgan fingerprint density at radius 1 is 1.03 bits per heavy atom. The molecule has 34 heavy (non-hydrogen) atoms. The van der Waals surface area contributed by atoms with Gasteiger partial charge in [-0.25, -0.2) is 0 Å². The maximum absolute atomic E-state index is 12.8. The van der Waals surface area contributed by atoms with Crippen molar-refractivity contribution in [3.63, 3.8) is 0 Å². The summed E-state index contributed by atoms with van der Waals surface area (Å²) in [7, 11) is 0. The summed E-state index contributed by atoms with van der Waals surface area (Å²) in [6.07, 6.45) is 2.97. The first-order valence-electron chi connectivity index (χ1n) is 10.8. The molecule has 4 rings (SSSR count). The Morgan fingerprint density at radius 3 is 2.53 bits per heavy atom. The van der Waals surface area contributed by atoms with Gasteiger partial charge in [0.15, 0.2) is 11.0 Å². The van der Waals surface area contributed by atoms with Gasteiger partial charge >= 0.3 is 0 Å². The van der Waals surface area contributed by atoms with Gasteiger partial charge in [-0.15, -0.1) is 0 Å². The summed E-state index contributed by atoms with van der Waals surface area (Å²) in [5.41, 5.74) is 1.59. The van der Waals surface area contributed by atoms with Crippen LogP contribution in [0.2, 0.25) is 5.02 Å². The summed E-state index contributed by atoms with van der Waals surface area (Å²) < 4.78 is 11.3. The second-order valence-electron chi connectivity index (χ2n) is 7.69. The van der Waals surface area contributed by atoms with Crippen molar-refractivity contribution in [3.05, 3.63) is 105 Å². The molecule has 6 nitrogen and oxygen atoms in total. The van der Waals surface area contributed by atoms with Crippen LogP contribution < -0.4 is 15.5 Å². The van der Waals surface area contributed by atoms with Crippen molar-refractivity contribution >= 4 is 34.2 Å². The summed E-state index contributed by atoms with van der Waals surface area (Å²) in [5.74, 6) is 0.109. The normalized spacial score (nSPS) is 10.6. The Labute approximate surface area is 201 Å². The average Bonchev–Trinajstić information content (AvgIpc) is 2.85. The van der Waals surface area contributed by atoms with Gasteiger partial charge in [-0.05, 0) is 61.2 Å². The molecule has 0 bridgehead atoms. The monoisotopic (exact) mass is 472 g/mol. The fourth-order valence-electron chi connectivity index (χ4n) is 3.53. The molecular formula is C27H21ClN2O4. The first kappa shape index (κ1) is 23.1. The average molecular weight is 473 g/mol. The first-order chi connectivity index (χ1) is 16.5. The van der Waals surface area contributed by atoms with E-state index in [0.29, 0.717) is 17.9 Å². The fourth-order valence-corrected chi connectivity index (χ4v) is 3.75. The number of unbranched alkanes of at least 4 members (excludes halogenated alkanes) is 1. The van der Waals surface area contributed by atoms with E-state index < -0.39 is 11.3 Å². The SMILES string of the molecule is N#Cc1cc(=O)c2cc(Cl)cc(NC(=O)c3ccc(OCCCCc4ccccc4)cc3)c2o1. The maximum Gasteiger partial charge on any atom is 0.255 e. The molecule has 170 valence electrons. The number of hydrogen-bond donors (Lipinski definition) is 1. The molecule has 7 heteroatoms. The predicted molar refractivity (Wildman–Crippen MR) is 131 cm³/mol. The van der Waals surface area contributed by atoms with Crippen LogP contribution in [0.15, 0.2) is 82.0 Å². The molecule has 0 spiro atoms. The zero-order valence-electron chi connectivity index (χ0n) is 18.2. The van der Waals surface area contributed by atoms with Crippen LogP contribution >= 0.6 is 11.6 Å². The number of rotatable bonds is 8. The Hall–Kier alpha value is -4.08. The summed E-state index contributed by atoms with van der Waals surface area (Å²) >= 11 is 6.11. The summed E-state index contributed by atoms with van der Waals surface area (Å²) in [6.45, 7) is 0.590. The van der Waals surface area contributed by atoms with Crippen LogP contribution in [0.3, 0.4) is 0 Å². The highest BCUT2D eigenvalue weighted by Crippen LogP contribution is 2.27. The largest absolute Gasteiger partial charge is 0.494 e. The maximum atomic E-state index is 12.8. The topological polar surface area (TPSA) is 92.3 Å². The number of fused-ring (bicyclic) bond motifs is 1. The van der Waals surface area contributed by atoms with E-state index >= 15 is 0 Å². The molecule has 3 aromatic carbocycles. The number of halogens is 1. The van der Waals surface area contributed by atoms with Crippen molar-refractivity contribution in [2.75, 3.05) is 11.9 Å². The Balaban J connectivity index is 1.38. The Bertz CT molecular complexity index is 1410. The molecule has 0 unspecified atom stereocenters. The lowest BCUT2D eigenvalue weighted by molar-refractivity contribution is 0.102. The predicted octanol–water partition coefficient (Wildman–Crippen LogP) is 5.97. The quantitative estimate of drug-likeness (QED) is 0.319. The lowest BCUT2D eigenvalue weighted by Crippen LogP contribution is -2.13. The molecule has 0 atom stereocenters. The third-order valence-electron chi connectivity index (χ3n) is 5.24. The van der Waals surface area contributed by atoms with E-state index in [0.717, 1.165) is 25.3 Å². The minimum atomic E-state index is -0.416. The smallest absolute Gasteiger partial charge is 0.255 e. The molecule has 0 aliphatic heterocycles. The number of aryl methyl sites for hydroxylation is 1. The summed E-state index contributed by atoms with van der Waals surface area (Å²) in [6, 6.07) is 22.9. The number of carbonyl (C=O) groups excluding carboxylic acids is 1. The second kappa shape index (κ2) is 10.7. The van der Waals surface area contributed by atoms with Crippen LogP contribution in [0.5, 0.6) is 5.75 Å². The van der Waals surface area contributed by atoms with E-state index in [2.05, 4.69) is 17.4 Å². The molecule has 4 aromatic rings. The van der Waals surface area contributed by atoms with Crippen LogP contribution in [0.1, 0.15) is 34.5 Å². The van der Waals surface area contributed by atoms with E-state index in [1.807, 2.05) is 18.2 Å². The van der Waals surface area contributed by atoms with Gasteiger partial charge in [-0.3, -0.25) is 9.59 Å². The van der Waals surface area contributed by atoms with Crippen LogP contribution in [-0.4, -0.2) is 12.5 Å². The number of nitriles is 1. The van der Waals surface area contributed by atoms with Gasteiger partial charge in [-0.2, -0.15) is 5.26 Å². The molecule has 0 saturated carbocycles. The number of carbonyl (C=O) groups is 1. The van der Waals surface area contributed by atoms with Crippen LogP contribution in [-0.2, 0) is 6.42 Å². The van der Waals surface area contributed by atoms with Crippen LogP contribution in [0, 0.1) is 11.3 Å². The van der Waals surface area contributed by atoms with E-state index in [-0.39, 0.29) is 27.4 Å². The highest BCUT2D eigenvalue weighted by atomic mass is 35.5. The Morgan fingerprint density at radius 2 is 1.79 bits per heavy atom. The molecule has 0 aliphatic rings. The third kappa shape index (κ3) is 5.64. The number of amides is 1. The molecule has 1 aromatic heterocycles. The van der Waals surface area contributed by atoms with Gasteiger partial charge in [0.1, 0.15) is 11.8 Å². The summed E-state index contributed by atoms with van der Waals surface area (Å²) in [5, 5.41) is 12.2. The highest BCUT2D eigenvalue weighted by molar-refractivity contribution is 6.32. The molecule has 0 radical (unpaired) electrons. The third-order valence-corrected chi connectivity index (χ3v) is 5.46. The lowest BCUT2D eigenvalue weighted by Gasteiger charge is -2.10. The summed E-state index contributed by atoms with van der Waals surface area (Å²) in [4.78, 5) is 25.0. The minimum Gasteiger partial charge on any atom is -0.494 e. The van der Waals surface area contributed by atoms with Gasteiger partial charge in [0.25, 0.3) is 5.91 Å². The van der Waals surface area contributed by atoms with Crippen LogP contribution in [0.4, 0.5) is 5.69 Å². The van der Waals surface area contributed by atoms with E-state index in [4.69, 9.17) is 26.0 Å². The van der Waals surface area contributed by atoms with Crippen molar-refractivity contribution in [3.8, 4) is 11.8 Å². The van der Waals surface area contributed by atoms with Crippen molar-refractivity contribution in [1.29, 1.82) is 5.26 Å². The van der Waals surface area contributed by atoms with Gasteiger partial charge in [-0.1, -0.05) is 41.9 Å². The highest BCUT2D eigenvalue weighted by Gasteiger charge is 2.14. The number of nitrogens with one attached hydrogen (secondary N) is 1. The lowest BCUT2D eigenvalue weighted by atomic mass is 10.1. The number of benzene rings is 3. The van der Waals surface area contributed by atoms with Crippen LogP contribution in [0.25, 0.3) is 11.0 Å². The molecule has 1 amide bonds. The first-order valence-corrected chi connectivity index (χ1v) is 11.2. The molecule has 0 aliphatic carbocycles. The van der Waals surface area contributed by atoms with Crippen molar-refractivity contribution in [1.82, 2.24) is 0 Å². The van der Waals surface area contributed by atoms with Crippen molar-refractivity contribution < 1.29 is 13.9 Å². The minimum absolute atomic E-state index is 0.0947. The molecule has 1 N–H and O–H groups in total. The standard InChI is InChI=1S/C27H21ClN2O4/c28-20-14-23-25(31)16-22(17-29)34-26(23)24(15-20)30-27(32)19-9-11-21(12-10-19)33-13-5-4-8-18-6-2-1-3-7-18/h1-3,6-7,9-12,14-16H,4-5,8,13H2,(H,30,32). The number of anilines is 1. The zero-order valence-corrected chi connectivity index (χ0v) is 19.0. The van der Waals surface area contributed by atoms with Gasteiger partial charge in [0.2, 0.25) is 5.76 Å². The van der Waals surface area contributed by atoms with E-state index in [9.17, 15) is 9.59 Å². The second-order valence-corrected chi connectivity index (χ2v) is 8.12. The molecule has 1 heterocycles. The molecule has 0 fully saturated rings. The van der Waals surface area contributed by atoms with Crippen molar-refractivity contribution in [2.24, 2.45) is 0 Å². The number of nitrogens with zero attached hydrogens (tertiary/aromatic N) is 1. The number of hydrogen-bond acceptors (Lipinski definition) is 5. The molecule has 0 saturated heterocycles. The van der Waals surface area contributed by atoms with Gasteiger partial charge in [0.05, 0.1) is 17.7 Å². The zero-order chi connectivity index (χ0) is 23.9. The van der Waals surface area contributed by atoms with E-state index in [1.165, 1.54) is 17.7 Å². The Kier molecular flexibility index (Phi) is 7.26. The van der Waals surface area contributed by atoms with Gasteiger partial charge in [0, 0.05) is 16.7 Å². The van der Waals surface area contributed by atoms with E-state index in [1.54, 1.807) is 30.3 Å². The van der Waals surface area contributed by atoms with Crippen molar-refractivity contribution in [2.45, 2.75) is 19.3 Å². The molecular weight excluding hydrogens is 452 g/mol. The van der Waals surface area contributed by atoms with Gasteiger partial charge < -0.3 is 14.5 Å².